The molecule has 1 aliphatic rings. The van der Waals surface area contributed by atoms with Crippen molar-refractivity contribution < 1.29 is 19.1 Å². The summed E-state index contributed by atoms with van der Waals surface area (Å²) in [4.78, 5) is 26.4. The van der Waals surface area contributed by atoms with Crippen molar-refractivity contribution in [1.82, 2.24) is 14.8 Å². The molecule has 1 fully saturated rings. The van der Waals surface area contributed by atoms with Crippen LogP contribution in [-0.2, 0) is 20.8 Å². The van der Waals surface area contributed by atoms with Gasteiger partial charge in [0.1, 0.15) is 0 Å². The van der Waals surface area contributed by atoms with E-state index in [9.17, 15) is 9.59 Å². The summed E-state index contributed by atoms with van der Waals surface area (Å²) in [6.07, 6.45) is 1.71. The number of carbonyl (C=O) groups excluding carboxylic acids is 2. The number of rotatable bonds is 8. The van der Waals surface area contributed by atoms with Crippen LogP contribution in [0.5, 0.6) is 0 Å². The second-order valence-electron chi connectivity index (χ2n) is 6.74. The van der Waals surface area contributed by atoms with Gasteiger partial charge in [0.05, 0.1) is 12.2 Å². The summed E-state index contributed by atoms with van der Waals surface area (Å²) < 4.78 is 12.6. The van der Waals surface area contributed by atoms with Crippen LogP contribution >= 0.6 is 0 Å². The van der Waals surface area contributed by atoms with Crippen molar-refractivity contribution in [1.29, 1.82) is 0 Å². The van der Waals surface area contributed by atoms with E-state index >= 15 is 0 Å². The van der Waals surface area contributed by atoms with Gasteiger partial charge in [-0.2, -0.15) is 0 Å². The standard InChI is InChI=1S/C19H31N3O4/c1-14-13-18(15(2)21(14)9-12-25-4)19(24)20-7-8-22(16(3)23)17-5-10-26-11-6-17/h13,17H,5-12H2,1-4H3,(H,20,24). The second kappa shape index (κ2) is 9.73. The molecule has 1 saturated heterocycles. The molecule has 0 atom stereocenters. The van der Waals surface area contributed by atoms with Crippen LogP contribution < -0.4 is 5.32 Å². The van der Waals surface area contributed by atoms with Gasteiger partial charge < -0.3 is 24.3 Å². The maximum atomic E-state index is 12.6. The van der Waals surface area contributed by atoms with Gasteiger partial charge in [0.2, 0.25) is 5.91 Å². The van der Waals surface area contributed by atoms with Crippen LogP contribution in [-0.4, -0.2) is 67.3 Å². The highest BCUT2D eigenvalue weighted by Crippen LogP contribution is 2.16. The Labute approximate surface area is 155 Å². The van der Waals surface area contributed by atoms with E-state index in [-0.39, 0.29) is 17.9 Å². The van der Waals surface area contributed by atoms with Gasteiger partial charge in [0, 0.05) is 64.3 Å². The van der Waals surface area contributed by atoms with Crippen LogP contribution in [0.3, 0.4) is 0 Å². The molecule has 1 aromatic rings. The molecule has 0 spiro atoms. The minimum Gasteiger partial charge on any atom is -0.383 e. The fourth-order valence-corrected chi connectivity index (χ4v) is 3.54. The SMILES string of the molecule is COCCn1c(C)cc(C(=O)NCCN(C(C)=O)C2CCOCC2)c1C. The van der Waals surface area contributed by atoms with E-state index in [0.29, 0.717) is 38.5 Å². The Kier molecular flexibility index (Phi) is 7.66. The predicted octanol–water partition coefficient (Wildman–Crippen LogP) is 1.51. The van der Waals surface area contributed by atoms with Crippen LogP contribution in [0.4, 0.5) is 0 Å². The number of ether oxygens (including phenoxy) is 2. The molecule has 7 nitrogen and oxygen atoms in total. The zero-order valence-corrected chi connectivity index (χ0v) is 16.3. The topological polar surface area (TPSA) is 72.8 Å². The number of aromatic nitrogens is 1. The van der Waals surface area contributed by atoms with Gasteiger partial charge >= 0.3 is 0 Å². The molecule has 2 amide bonds. The molecule has 1 aromatic heterocycles. The number of nitrogens with zero attached hydrogens (tertiary/aromatic N) is 2. The van der Waals surface area contributed by atoms with Gasteiger partial charge in [-0.05, 0) is 32.8 Å². The number of amides is 2. The van der Waals surface area contributed by atoms with Crippen molar-refractivity contribution in [2.45, 2.75) is 46.2 Å². The van der Waals surface area contributed by atoms with Gasteiger partial charge in [0.15, 0.2) is 0 Å². The molecule has 0 aromatic carbocycles. The van der Waals surface area contributed by atoms with Gasteiger partial charge in [-0.1, -0.05) is 0 Å². The monoisotopic (exact) mass is 365 g/mol. The minimum atomic E-state index is -0.0998. The highest BCUT2D eigenvalue weighted by Gasteiger charge is 2.23. The third-order valence-electron chi connectivity index (χ3n) is 5.01. The smallest absolute Gasteiger partial charge is 0.253 e. The van der Waals surface area contributed by atoms with Crippen molar-refractivity contribution in [2.24, 2.45) is 0 Å². The molecule has 0 bridgehead atoms. The van der Waals surface area contributed by atoms with E-state index in [1.807, 2.05) is 24.8 Å². The second-order valence-corrected chi connectivity index (χ2v) is 6.74. The highest BCUT2D eigenvalue weighted by molar-refractivity contribution is 5.95. The lowest BCUT2D eigenvalue weighted by Gasteiger charge is -2.33. The first kappa shape index (κ1) is 20.5. The molecule has 0 radical (unpaired) electrons. The minimum absolute atomic E-state index is 0.0453. The van der Waals surface area contributed by atoms with Crippen LogP contribution in [0.15, 0.2) is 6.07 Å². The quantitative estimate of drug-likeness (QED) is 0.758. The molecule has 2 heterocycles. The predicted molar refractivity (Wildman–Crippen MR) is 99.3 cm³/mol. The van der Waals surface area contributed by atoms with Gasteiger partial charge in [-0.25, -0.2) is 0 Å². The van der Waals surface area contributed by atoms with Crippen molar-refractivity contribution in [3.05, 3.63) is 23.0 Å². The summed E-state index contributed by atoms with van der Waals surface area (Å²) >= 11 is 0. The Hall–Kier alpha value is -1.86. The van der Waals surface area contributed by atoms with Gasteiger partial charge in [0.25, 0.3) is 5.91 Å². The molecule has 146 valence electrons. The molecule has 0 aliphatic carbocycles. The number of hydrogen-bond donors (Lipinski definition) is 1. The Morgan fingerprint density at radius 2 is 2.04 bits per heavy atom. The summed E-state index contributed by atoms with van der Waals surface area (Å²) in [5.74, 6) is -0.0545. The lowest BCUT2D eigenvalue weighted by Crippen LogP contribution is -2.46. The van der Waals surface area contributed by atoms with Crippen molar-refractivity contribution in [3.8, 4) is 0 Å². The molecule has 7 heteroatoms. The third-order valence-corrected chi connectivity index (χ3v) is 5.01. The van der Waals surface area contributed by atoms with E-state index in [0.717, 1.165) is 30.8 Å². The maximum absolute atomic E-state index is 12.6. The number of hydrogen-bond acceptors (Lipinski definition) is 4. The first-order valence-corrected chi connectivity index (χ1v) is 9.24. The Bertz CT molecular complexity index is 621. The molecular formula is C19H31N3O4. The largest absolute Gasteiger partial charge is 0.383 e. The van der Waals surface area contributed by atoms with Gasteiger partial charge in [-0.15, -0.1) is 0 Å². The summed E-state index contributed by atoms with van der Waals surface area (Å²) in [6.45, 7) is 9.19. The fourth-order valence-electron chi connectivity index (χ4n) is 3.54. The maximum Gasteiger partial charge on any atom is 0.253 e. The fraction of sp³-hybridized carbons (Fsp3) is 0.684. The zero-order chi connectivity index (χ0) is 19.1. The number of carbonyl (C=O) groups is 2. The number of aryl methyl sites for hydroxylation is 1. The van der Waals surface area contributed by atoms with E-state index in [4.69, 9.17) is 9.47 Å². The van der Waals surface area contributed by atoms with E-state index in [1.165, 1.54) is 0 Å². The average Bonchev–Trinajstić information content (AvgIpc) is 2.91. The van der Waals surface area contributed by atoms with Crippen molar-refractivity contribution in [3.63, 3.8) is 0 Å². The Morgan fingerprint density at radius 1 is 1.35 bits per heavy atom. The highest BCUT2D eigenvalue weighted by atomic mass is 16.5. The normalized spacial score (nSPS) is 15.1. The van der Waals surface area contributed by atoms with E-state index in [2.05, 4.69) is 9.88 Å². The van der Waals surface area contributed by atoms with Crippen molar-refractivity contribution in [2.75, 3.05) is 40.0 Å². The summed E-state index contributed by atoms with van der Waals surface area (Å²) in [7, 11) is 1.67. The zero-order valence-electron chi connectivity index (χ0n) is 16.3. The number of methoxy groups -OCH3 is 1. The average molecular weight is 365 g/mol. The van der Waals surface area contributed by atoms with Gasteiger partial charge in [-0.3, -0.25) is 9.59 Å². The Balaban J connectivity index is 1.92. The summed E-state index contributed by atoms with van der Waals surface area (Å²) in [6, 6.07) is 2.11. The lowest BCUT2D eigenvalue weighted by molar-refractivity contribution is -0.132. The van der Waals surface area contributed by atoms with Crippen LogP contribution in [0.25, 0.3) is 0 Å². The lowest BCUT2D eigenvalue weighted by atomic mass is 10.1. The molecule has 2 rings (SSSR count). The van der Waals surface area contributed by atoms with E-state index in [1.54, 1.807) is 14.0 Å². The summed E-state index contributed by atoms with van der Waals surface area (Å²) in [5.41, 5.74) is 2.65. The molecule has 0 unspecified atom stereocenters. The molecule has 1 aliphatic heterocycles. The summed E-state index contributed by atoms with van der Waals surface area (Å²) in [5, 5.41) is 2.95. The van der Waals surface area contributed by atoms with Crippen LogP contribution in [0.1, 0.15) is 41.5 Å². The first-order valence-electron chi connectivity index (χ1n) is 9.24. The molecule has 26 heavy (non-hydrogen) atoms. The Morgan fingerprint density at radius 3 is 2.65 bits per heavy atom. The first-order chi connectivity index (χ1) is 12.5. The van der Waals surface area contributed by atoms with E-state index < -0.39 is 0 Å². The molecule has 1 N–H and O–H groups in total. The number of nitrogens with one attached hydrogen (secondary N) is 1. The third kappa shape index (κ3) is 5.08. The van der Waals surface area contributed by atoms with Crippen LogP contribution in [0, 0.1) is 13.8 Å². The van der Waals surface area contributed by atoms with Crippen molar-refractivity contribution >= 4 is 11.8 Å². The molecular weight excluding hydrogens is 334 g/mol. The van der Waals surface area contributed by atoms with Crippen LogP contribution in [0.2, 0.25) is 0 Å². The molecule has 0 saturated carbocycles.